The van der Waals surface area contributed by atoms with Gasteiger partial charge in [-0.15, -0.1) is 21.5 Å². The van der Waals surface area contributed by atoms with E-state index in [9.17, 15) is 9.18 Å². The molecule has 158 valence electrons. The molecule has 0 radical (unpaired) electrons. The molecule has 2 aromatic heterocycles. The van der Waals surface area contributed by atoms with Crippen LogP contribution in [0.25, 0.3) is 0 Å². The molecule has 0 spiro atoms. The Kier molecular flexibility index (Phi) is 6.63. The van der Waals surface area contributed by atoms with Crippen LogP contribution in [0.15, 0.2) is 77.3 Å². The number of hydrogen-bond acceptors (Lipinski definition) is 6. The van der Waals surface area contributed by atoms with Crippen molar-refractivity contribution in [3.8, 4) is 0 Å². The Bertz CT molecular complexity index is 1150. The van der Waals surface area contributed by atoms with E-state index in [2.05, 4.69) is 15.5 Å². The zero-order chi connectivity index (χ0) is 21.6. The van der Waals surface area contributed by atoms with E-state index in [1.807, 2.05) is 47.8 Å². The van der Waals surface area contributed by atoms with E-state index in [4.69, 9.17) is 5.84 Å². The highest BCUT2D eigenvalue weighted by Crippen LogP contribution is 2.26. The normalized spacial score (nSPS) is 11.9. The highest BCUT2D eigenvalue weighted by atomic mass is 32.2. The molecule has 1 amide bonds. The number of nitrogens with zero attached hydrogens (tertiary/aromatic N) is 3. The minimum atomic E-state index is -0.320. The minimum Gasteiger partial charge on any atom is -0.344 e. The Labute approximate surface area is 187 Å². The number of carbonyl (C=O) groups is 1. The van der Waals surface area contributed by atoms with Gasteiger partial charge < -0.3 is 11.2 Å². The maximum atomic E-state index is 13.9. The van der Waals surface area contributed by atoms with Gasteiger partial charge in [0.25, 0.3) is 0 Å². The van der Waals surface area contributed by atoms with Crippen molar-refractivity contribution in [2.24, 2.45) is 0 Å². The van der Waals surface area contributed by atoms with Gasteiger partial charge in [-0.1, -0.05) is 66.4 Å². The second-order valence-electron chi connectivity index (χ2n) is 6.75. The summed E-state index contributed by atoms with van der Waals surface area (Å²) in [4.78, 5) is 13.7. The lowest BCUT2D eigenvalue weighted by molar-refractivity contribution is -0.119. The Hall–Kier alpha value is -3.17. The molecule has 0 aliphatic rings. The van der Waals surface area contributed by atoms with Crippen LogP contribution in [-0.4, -0.2) is 26.5 Å². The molecule has 3 N–H and O–H groups in total. The number of carbonyl (C=O) groups excluding carboxylic acids is 1. The number of halogens is 1. The molecule has 0 saturated heterocycles. The summed E-state index contributed by atoms with van der Waals surface area (Å²) in [6.07, 6.45) is 0.220. The van der Waals surface area contributed by atoms with Crippen LogP contribution in [-0.2, 0) is 11.2 Å². The number of thiophene rings is 1. The van der Waals surface area contributed by atoms with Crippen LogP contribution in [0.5, 0.6) is 0 Å². The fraction of sp³-hybridized carbons (Fsp3) is 0.136. The van der Waals surface area contributed by atoms with Crippen molar-refractivity contribution in [1.29, 1.82) is 0 Å². The molecule has 0 unspecified atom stereocenters. The van der Waals surface area contributed by atoms with E-state index >= 15 is 0 Å². The molecule has 31 heavy (non-hydrogen) atoms. The third kappa shape index (κ3) is 5.12. The highest BCUT2D eigenvalue weighted by Gasteiger charge is 2.19. The first-order valence-electron chi connectivity index (χ1n) is 9.55. The average molecular weight is 454 g/mol. The van der Waals surface area contributed by atoms with Gasteiger partial charge in [-0.3, -0.25) is 4.79 Å². The Morgan fingerprint density at radius 3 is 2.61 bits per heavy atom. The smallest absolute Gasteiger partial charge is 0.231 e. The number of rotatable bonds is 8. The summed E-state index contributed by atoms with van der Waals surface area (Å²) in [6.45, 7) is 0. The molecule has 0 bridgehead atoms. The molecule has 0 saturated carbocycles. The average Bonchev–Trinajstić information content (AvgIpc) is 3.44. The number of nitrogens with one attached hydrogen (secondary N) is 1. The van der Waals surface area contributed by atoms with E-state index in [1.54, 1.807) is 29.5 Å². The lowest BCUT2D eigenvalue weighted by Gasteiger charge is -2.18. The maximum Gasteiger partial charge on any atom is 0.231 e. The molecule has 1 atom stereocenters. The summed E-state index contributed by atoms with van der Waals surface area (Å²) in [7, 11) is 0. The molecular weight excluding hydrogens is 433 g/mol. The standard InChI is InChI=1S/C22H20FN5OS2/c23-17-10-5-4-9-16(17)13-19-26-27-22(28(19)24)31-14-20(29)25-21(18-11-6-12-30-18)15-7-2-1-3-8-15/h1-12,21H,13-14,24H2,(H,25,29)/t21-/m1/s1. The molecule has 4 rings (SSSR count). The lowest BCUT2D eigenvalue weighted by atomic mass is 10.1. The van der Waals surface area contributed by atoms with Crippen molar-refractivity contribution in [1.82, 2.24) is 20.2 Å². The summed E-state index contributed by atoms with van der Waals surface area (Å²) >= 11 is 2.78. The van der Waals surface area contributed by atoms with E-state index in [-0.39, 0.29) is 29.9 Å². The molecular formula is C22H20FN5OS2. The van der Waals surface area contributed by atoms with Crippen molar-refractivity contribution >= 4 is 29.0 Å². The van der Waals surface area contributed by atoms with Crippen molar-refractivity contribution in [3.63, 3.8) is 0 Å². The predicted octanol–water partition coefficient (Wildman–Crippen LogP) is 3.78. The summed E-state index contributed by atoms with van der Waals surface area (Å²) in [5.74, 6) is 6.16. The van der Waals surface area contributed by atoms with Crippen LogP contribution in [0.1, 0.15) is 27.9 Å². The maximum absolute atomic E-state index is 13.9. The Morgan fingerprint density at radius 2 is 1.87 bits per heavy atom. The van der Waals surface area contributed by atoms with Crippen LogP contribution < -0.4 is 11.2 Å². The van der Waals surface area contributed by atoms with Gasteiger partial charge in [0.05, 0.1) is 11.8 Å². The van der Waals surface area contributed by atoms with Gasteiger partial charge in [-0.25, -0.2) is 9.07 Å². The number of nitrogens with two attached hydrogens (primary N) is 1. The number of benzene rings is 2. The van der Waals surface area contributed by atoms with Crippen LogP contribution in [0.3, 0.4) is 0 Å². The summed E-state index contributed by atoms with van der Waals surface area (Å²) in [5.41, 5.74) is 1.50. The Morgan fingerprint density at radius 1 is 1.10 bits per heavy atom. The van der Waals surface area contributed by atoms with Crippen molar-refractivity contribution in [2.75, 3.05) is 11.6 Å². The largest absolute Gasteiger partial charge is 0.344 e. The minimum absolute atomic E-state index is 0.129. The topological polar surface area (TPSA) is 85.8 Å². The Balaban J connectivity index is 1.40. The molecule has 2 aromatic carbocycles. The second-order valence-corrected chi connectivity index (χ2v) is 8.67. The molecule has 0 aliphatic heterocycles. The van der Waals surface area contributed by atoms with Crippen LogP contribution >= 0.6 is 23.1 Å². The van der Waals surface area contributed by atoms with Gasteiger partial charge in [-0.05, 0) is 28.6 Å². The summed E-state index contributed by atoms with van der Waals surface area (Å²) < 4.78 is 15.2. The number of aromatic nitrogens is 3. The zero-order valence-corrected chi connectivity index (χ0v) is 18.1. The zero-order valence-electron chi connectivity index (χ0n) is 16.4. The first-order valence-corrected chi connectivity index (χ1v) is 11.4. The fourth-order valence-electron chi connectivity index (χ4n) is 3.09. The SMILES string of the molecule is Nn1c(Cc2ccccc2F)nnc1SCC(=O)N[C@H](c1ccccc1)c1cccs1. The van der Waals surface area contributed by atoms with Gasteiger partial charge in [0.15, 0.2) is 5.82 Å². The molecule has 0 fully saturated rings. The van der Waals surface area contributed by atoms with Crippen LogP contribution in [0, 0.1) is 5.82 Å². The number of hydrogen-bond donors (Lipinski definition) is 2. The van der Waals surface area contributed by atoms with Gasteiger partial charge in [0.1, 0.15) is 5.82 Å². The fourth-order valence-corrected chi connectivity index (χ4v) is 4.58. The highest BCUT2D eigenvalue weighted by molar-refractivity contribution is 7.99. The van der Waals surface area contributed by atoms with Crippen molar-refractivity contribution < 1.29 is 9.18 Å². The van der Waals surface area contributed by atoms with E-state index in [0.29, 0.717) is 16.5 Å². The number of thioether (sulfide) groups is 1. The van der Waals surface area contributed by atoms with Gasteiger partial charge >= 0.3 is 0 Å². The lowest BCUT2D eigenvalue weighted by Crippen LogP contribution is -2.30. The number of amides is 1. The van der Waals surface area contributed by atoms with Crippen molar-refractivity contribution in [3.05, 3.63) is 99.8 Å². The van der Waals surface area contributed by atoms with Crippen molar-refractivity contribution in [2.45, 2.75) is 17.6 Å². The van der Waals surface area contributed by atoms with Gasteiger partial charge in [0, 0.05) is 11.3 Å². The third-order valence-corrected chi connectivity index (χ3v) is 6.52. The molecule has 9 heteroatoms. The van der Waals surface area contributed by atoms with E-state index < -0.39 is 0 Å². The summed E-state index contributed by atoms with van der Waals surface area (Å²) in [6, 6.07) is 20.0. The molecule has 2 heterocycles. The van der Waals surface area contributed by atoms with Crippen LogP contribution in [0.2, 0.25) is 0 Å². The number of nitrogen functional groups attached to an aromatic ring is 1. The second kappa shape index (κ2) is 9.76. The molecule has 4 aromatic rings. The van der Waals surface area contributed by atoms with E-state index in [1.165, 1.54) is 22.5 Å². The monoisotopic (exact) mass is 453 g/mol. The predicted molar refractivity (Wildman–Crippen MR) is 121 cm³/mol. The quantitative estimate of drug-likeness (QED) is 0.313. The summed E-state index contributed by atoms with van der Waals surface area (Å²) in [5, 5.41) is 13.6. The van der Waals surface area contributed by atoms with E-state index in [0.717, 1.165) is 10.4 Å². The van der Waals surface area contributed by atoms with Crippen LogP contribution in [0.4, 0.5) is 4.39 Å². The van der Waals surface area contributed by atoms with Gasteiger partial charge in [0.2, 0.25) is 11.1 Å². The van der Waals surface area contributed by atoms with Gasteiger partial charge in [-0.2, -0.15) is 0 Å². The first-order chi connectivity index (χ1) is 15.1. The first kappa shape index (κ1) is 21.1. The molecule has 0 aliphatic carbocycles. The molecule has 6 nitrogen and oxygen atoms in total. The third-order valence-electron chi connectivity index (χ3n) is 4.64.